The fraction of sp³-hybridized carbons (Fsp3) is 0.625. The molecule has 0 radical (unpaired) electrons. The second kappa shape index (κ2) is 6.14. The molecule has 0 spiro atoms. The van der Waals surface area contributed by atoms with E-state index in [2.05, 4.69) is 33.7 Å². The molecule has 1 amide bonds. The highest BCUT2D eigenvalue weighted by molar-refractivity contribution is 5.95. The van der Waals surface area contributed by atoms with Crippen LogP contribution < -0.4 is 0 Å². The number of hydrogen-bond acceptors (Lipinski definition) is 4. The number of piperidine rings is 1. The van der Waals surface area contributed by atoms with Crippen molar-refractivity contribution >= 4 is 5.91 Å². The molecule has 2 aromatic rings. The molecule has 124 valence electrons. The maximum atomic E-state index is 12.6. The normalized spacial score (nSPS) is 16.3. The van der Waals surface area contributed by atoms with Crippen molar-refractivity contribution in [3.63, 3.8) is 0 Å². The lowest BCUT2D eigenvalue weighted by atomic mass is 9.95. The van der Waals surface area contributed by atoms with E-state index in [0.29, 0.717) is 17.5 Å². The van der Waals surface area contributed by atoms with Crippen molar-refractivity contribution in [2.45, 2.75) is 45.6 Å². The first kappa shape index (κ1) is 15.7. The van der Waals surface area contributed by atoms with Crippen molar-refractivity contribution in [1.29, 1.82) is 0 Å². The van der Waals surface area contributed by atoms with E-state index in [1.165, 1.54) is 0 Å². The number of rotatable bonds is 3. The van der Waals surface area contributed by atoms with Gasteiger partial charge in [0.05, 0.1) is 11.8 Å². The van der Waals surface area contributed by atoms with Gasteiger partial charge in [0.2, 0.25) is 0 Å². The molecule has 0 bridgehead atoms. The van der Waals surface area contributed by atoms with E-state index >= 15 is 0 Å². The fourth-order valence-electron chi connectivity index (χ4n) is 3.16. The Morgan fingerprint density at radius 3 is 2.57 bits per heavy atom. The topological polar surface area (TPSA) is 68.8 Å². The molecule has 1 aliphatic rings. The zero-order valence-corrected chi connectivity index (χ0v) is 14.2. The van der Waals surface area contributed by atoms with E-state index in [0.717, 1.165) is 37.4 Å². The van der Waals surface area contributed by atoms with Gasteiger partial charge < -0.3 is 9.47 Å². The van der Waals surface area contributed by atoms with E-state index in [-0.39, 0.29) is 5.91 Å². The second-order valence-electron chi connectivity index (χ2n) is 6.52. The van der Waals surface area contributed by atoms with Gasteiger partial charge in [0, 0.05) is 37.8 Å². The van der Waals surface area contributed by atoms with E-state index < -0.39 is 0 Å². The van der Waals surface area contributed by atoms with Gasteiger partial charge in [-0.2, -0.15) is 5.10 Å². The van der Waals surface area contributed by atoms with Crippen molar-refractivity contribution < 1.29 is 4.79 Å². The van der Waals surface area contributed by atoms with Gasteiger partial charge in [0.1, 0.15) is 12.2 Å². The Morgan fingerprint density at radius 2 is 2.00 bits per heavy atom. The SMILES string of the molecule is Cc1c(C(=O)N2CCC(c3nncn3C(C)C)CC2)cnn1C. The molecule has 1 saturated heterocycles. The molecule has 1 fully saturated rings. The molecule has 3 heterocycles. The molecule has 0 atom stereocenters. The number of nitrogens with zero attached hydrogens (tertiary/aromatic N) is 6. The summed E-state index contributed by atoms with van der Waals surface area (Å²) in [5, 5.41) is 12.5. The van der Waals surface area contributed by atoms with Crippen LogP contribution in [0.25, 0.3) is 0 Å². The van der Waals surface area contributed by atoms with Crippen LogP contribution in [0.15, 0.2) is 12.5 Å². The van der Waals surface area contributed by atoms with Crippen molar-refractivity contribution in [1.82, 2.24) is 29.4 Å². The van der Waals surface area contributed by atoms with Gasteiger partial charge in [0.25, 0.3) is 5.91 Å². The van der Waals surface area contributed by atoms with Crippen LogP contribution in [-0.2, 0) is 7.05 Å². The number of likely N-dealkylation sites (tertiary alicyclic amines) is 1. The Morgan fingerprint density at radius 1 is 1.30 bits per heavy atom. The number of carbonyl (C=O) groups excluding carboxylic acids is 1. The van der Waals surface area contributed by atoms with Crippen LogP contribution in [0.2, 0.25) is 0 Å². The Kier molecular flexibility index (Phi) is 4.19. The fourth-order valence-corrected chi connectivity index (χ4v) is 3.16. The first-order chi connectivity index (χ1) is 11.0. The Labute approximate surface area is 136 Å². The quantitative estimate of drug-likeness (QED) is 0.867. The number of amides is 1. The predicted molar refractivity (Wildman–Crippen MR) is 86.2 cm³/mol. The van der Waals surface area contributed by atoms with E-state index in [1.807, 2.05) is 18.9 Å². The largest absolute Gasteiger partial charge is 0.338 e. The summed E-state index contributed by atoms with van der Waals surface area (Å²) in [6.45, 7) is 7.71. The van der Waals surface area contributed by atoms with Gasteiger partial charge in [-0.25, -0.2) is 0 Å². The summed E-state index contributed by atoms with van der Waals surface area (Å²) in [5.41, 5.74) is 1.62. The minimum atomic E-state index is 0.0828. The van der Waals surface area contributed by atoms with Gasteiger partial charge >= 0.3 is 0 Å². The molecule has 0 unspecified atom stereocenters. The van der Waals surface area contributed by atoms with Gasteiger partial charge in [-0.05, 0) is 33.6 Å². The highest BCUT2D eigenvalue weighted by atomic mass is 16.2. The van der Waals surface area contributed by atoms with Gasteiger partial charge in [-0.1, -0.05) is 0 Å². The number of aryl methyl sites for hydroxylation is 1. The van der Waals surface area contributed by atoms with E-state index in [9.17, 15) is 4.79 Å². The molecule has 0 N–H and O–H groups in total. The van der Waals surface area contributed by atoms with Crippen LogP contribution in [0.1, 0.15) is 60.5 Å². The van der Waals surface area contributed by atoms with Gasteiger partial charge in [-0.3, -0.25) is 9.48 Å². The number of aromatic nitrogens is 5. The van der Waals surface area contributed by atoms with Gasteiger partial charge in [-0.15, -0.1) is 10.2 Å². The number of hydrogen-bond donors (Lipinski definition) is 0. The minimum Gasteiger partial charge on any atom is -0.338 e. The first-order valence-corrected chi connectivity index (χ1v) is 8.16. The molecule has 0 aromatic carbocycles. The molecule has 0 aliphatic carbocycles. The lowest BCUT2D eigenvalue weighted by Gasteiger charge is -2.32. The molecule has 7 nitrogen and oxygen atoms in total. The highest BCUT2D eigenvalue weighted by Gasteiger charge is 2.29. The second-order valence-corrected chi connectivity index (χ2v) is 6.52. The third-order valence-corrected chi connectivity index (χ3v) is 4.77. The molecule has 2 aromatic heterocycles. The summed E-state index contributed by atoms with van der Waals surface area (Å²) in [6, 6.07) is 0.359. The van der Waals surface area contributed by atoms with Crippen LogP contribution >= 0.6 is 0 Å². The molecule has 0 saturated carbocycles. The summed E-state index contributed by atoms with van der Waals surface area (Å²) < 4.78 is 3.87. The lowest BCUT2D eigenvalue weighted by molar-refractivity contribution is 0.0709. The third kappa shape index (κ3) is 2.87. The summed E-state index contributed by atoms with van der Waals surface area (Å²) >= 11 is 0. The molecule has 3 rings (SSSR count). The van der Waals surface area contributed by atoms with Crippen LogP contribution in [0.3, 0.4) is 0 Å². The standard InChI is InChI=1S/C16H24N6O/c1-11(2)22-10-17-19-15(22)13-5-7-21(8-6-13)16(23)14-9-18-20(4)12(14)3/h9-11,13H,5-8H2,1-4H3. The van der Waals surface area contributed by atoms with Crippen molar-refractivity contribution in [2.24, 2.45) is 7.05 Å². The summed E-state index contributed by atoms with van der Waals surface area (Å²) in [7, 11) is 1.86. The third-order valence-electron chi connectivity index (χ3n) is 4.77. The van der Waals surface area contributed by atoms with Crippen LogP contribution in [0.4, 0.5) is 0 Å². The maximum absolute atomic E-state index is 12.6. The average molecular weight is 316 g/mol. The summed E-state index contributed by atoms with van der Waals surface area (Å²) in [4.78, 5) is 14.6. The zero-order chi connectivity index (χ0) is 16.6. The maximum Gasteiger partial charge on any atom is 0.257 e. The Balaban J connectivity index is 1.68. The van der Waals surface area contributed by atoms with E-state index in [4.69, 9.17) is 0 Å². The molecular weight excluding hydrogens is 292 g/mol. The molecular formula is C16H24N6O. The lowest BCUT2D eigenvalue weighted by Crippen LogP contribution is -2.38. The average Bonchev–Trinajstić information content (AvgIpc) is 3.15. The molecule has 7 heteroatoms. The Hall–Kier alpha value is -2.18. The number of carbonyl (C=O) groups is 1. The molecule has 1 aliphatic heterocycles. The smallest absolute Gasteiger partial charge is 0.257 e. The van der Waals surface area contributed by atoms with Gasteiger partial charge in [0.15, 0.2) is 0 Å². The predicted octanol–water partition coefficient (Wildman–Crippen LogP) is 1.92. The first-order valence-electron chi connectivity index (χ1n) is 8.16. The summed E-state index contributed by atoms with van der Waals surface area (Å²) in [6.07, 6.45) is 5.32. The molecule has 23 heavy (non-hydrogen) atoms. The van der Waals surface area contributed by atoms with E-state index in [1.54, 1.807) is 17.2 Å². The van der Waals surface area contributed by atoms with Crippen LogP contribution in [0.5, 0.6) is 0 Å². The zero-order valence-electron chi connectivity index (χ0n) is 14.2. The highest BCUT2D eigenvalue weighted by Crippen LogP contribution is 2.28. The van der Waals surface area contributed by atoms with Crippen LogP contribution in [0, 0.1) is 6.92 Å². The van der Waals surface area contributed by atoms with Crippen molar-refractivity contribution in [2.75, 3.05) is 13.1 Å². The monoisotopic (exact) mass is 316 g/mol. The van der Waals surface area contributed by atoms with Crippen LogP contribution in [-0.4, -0.2) is 48.4 Å². The van der Waals surface area contributed by atoms with Crippen molar-refractivity contribution in [3.05, 3.63) is 29.6 Å². The van der Waals surface area contributed by atoms with Crippen molar-refractivity contribution in [3.8, 4) is 0 Å². The summed E-state index contributed by atoms with van der Waals surface area (Å²) in [5.74, 6) is 1.50. The Bertz CT molecular complexity index is 693. The minimum absolute atomic E-state index is 0.0828.